The van der Waals surface area contributed by atoms with E-state index < -0.39 is 10.2 Å². The molecule has 0 fully saturated rings. The molecule has 0 saturated carbocycles. The summed E-state index contributed by atoms with van der Waals surface area (Å²) in [5.41, 5.74) is 0. The van der Waals surface area contributed by atoms with Crippen molar-refractivity contribution >= 4 is 10.2 Å². The van der Waals surface area contributed by atoms with E-state index in [1.807, 2.05) is 6.92 Å². The molecule has 0 aliphatic heterocycles. The van der Waals surface area contributed by atoms with Crippen LogP contribution in [0.25, 0.3) is 4.72 Å². The largest absolute Gasteiger partial charge is 1.00 e. The molecule has 0 spiro atoms. The molecule has 0 aromatic carbocycles. The molecule has 0 aromatic heterocycles. The van der Waals surface area contributed by atoms with Crippen molar-refractivity contribution in [2.24, 2.45) is 5.14 Å². The second-order valence-electron chi connectivity index (χ2n) is 1.37. The Hall–Kier alpha value is 1.51. The minimum absolute atomic E-state index is 0. The molecule has 50 valence electrons. The van der Waals surface area contributed by atoms with Crippen LogP contribution in [0.15, 0.2) is 0 Å². The van der Waals surface area contributed by atoms with Gasteiger partial charge in [-0.3, -0.25) is 0 Å². The van der Waals surface area contributed by atoms with Crippen LogP contribution < -0.4 is 56.5 Å². The van der Waals surface area contributed by atoms with Crippen LogP contribution in [0, 0.1) is 0 Å². The van der Waals surface area contributed by atoms with Crippen LogP contribution in [0.3, 0.4) is 0 Å². The zero-order valence-corrected chi connectivity index (χ0v) is 9.60. The van der Waals surface area contributed by atoms with Crippen LogP contribution in [-0.4, -0.2) is 15.0 Å². The molecule has 0 rings (SSSR count). The molecule has 6 heteroatoms. The molecule has 0 amide bonds. The van der Waals surface area contributed by atoms with Gasteiger partial charge in [0, 0.05) is 0 Å². The molecular weight excluding hydrogens is 167 g/mol. The Morgan fingerprint density at radius 3 is 2.11 bits per heavy atom. The van der Waals surface area contributed by atoms with Gasteiger partial charge in [-0.15, -0.1) is 6.54 Å². The van der Waals surface area contributed by atoms with Crippen molar-refractivity contribution in [2.75, 3.05) is 6.54 Å². The first-order valence-electron chi connectivity index (χ1n) is 2.27. The molecule has 4 nitrogen and oxygen atoms in total. The quantitative estimate of drug-likeness (QED) is 0.465. The molecule has 0 aromatic rings. The van der Waals surface area contributed by atoms with Gasteiger partial charge in [0.05, 0.1) is 0 Å². The summed E-state index contributed by atoms with van der Waals surface area (Å²) < 4.78 is 23.1. The van der Waals surface area contributed by atoms with Crippen molar-refractivity contribution in [1.82, 2.24) is 0 Å². The van der Waals surface area contributed by atoms with Gasteiger partial charge in [0.2, 0.25) is 0 Å². The van der Waals surface area contributed by atoms with E-state index in [0.717, 1.165) is 0 Å². The average molecular weight is 176 g/mol. The fourth-order valence-electron chi connectivity index (χ4n) is 0.219. The summed E-state index contributed by atoms with van der Waals surface area (Å²) in [6.07, 6.45) is 0.705. The van der Waals surface area contributed by atoms with Gasteiger partial charge in [0.15, 0.2) is 0 Å². The number of rotatable bonds is 3. The summed E-state index contributed by atoms with van der Waals surface area (Å²) >= 11 is 0. The van der Waals surface area contributed by atoms with Crippen molar-refractivity contribution in [1.29, 1.82) is 0 Å². The van der Waals surface area contributed by atoms with Gasteiger partial charge in [0.1, 0.15) is 10.2 Å². The monoisotopic (exact) mass is 176 g/mol. The third kappa shape index (κ3) is 12.7. The second kappa shape index (κ2) is 6.23. The Balaban J connectivity index is 0. The Labute approximate surface area is 98.2 Å². The van der Waals surface area contributed by atoms with Crippen molar-refractivity contribution < 1.29 is 59.8 Å². The number of nitrogens with zero attached hydrogens (tertiary/aromatic N) is 1. The maximum absolute atomic E-state index is 10.0. The summed E-state index contributed by atoms with van der Waals surface area (Å²) in [5.74, 6) is 0. The van der Waals surface area contributed by atoms with Crippen molar-refractivity contribution in [2.45, 2.75) is 13.3 Å². The third-order valence-corrected chi connectivity index (χ3v) is 1.04. The standard InChI is InChI=1S/C3H9N2O2S.K/c1-2-3-5-8(4,6)7;/h2-3H2,1H3,(H2,4,6,7);/q-1;+1. The van der Waals surface area contributed by atoms with Gasteiger partial charge < -0.3 is 4.72 Å². The molecular formula is C3H9KN2O2S. The number of hydrogen-bond donors (Lipinski definition) is 1. The Morgan fingerprint density at radius 1 is 1.56 bits per heavy atom. The smallest absolute Gasteiger partial charge is 0.536 e. The van der Waals surface area contributed by atoms with E-state index in [4.69, 9.17) is 0 Å². The third-order valence-electron chi connectivity index (χ3n) is 0.495. The number of hydrogen-bond acceptors (Lipinski definition) is 2. The molecule has 0 saturated heterocycles. The molecule has 0 aliphatic carbocycles. The minimum atomic E-state index is -3.56. The van der Waals surface area contributed by atoms with E-state index in [1.54, 1.807) is 0 Å². The number of nitrogens with two attached hydrogens (primary N) is 1. The summed E-state index contributed by atoms with van der Waals surface area (Å²) in [6.45, 7) is 2.12. The fourth-order valence-corrected chi connectivity index (χ4v) is 0.656. The van der Waals surface area contributed by atoms with Crippen molar-refractivity contribution in [3.8, 4) is 0 Å². The van der Waals surface area contributed by atoms with E-state index in [-0.39, 0.29) is 51.4 Å². The maximum atomic E-state index is 10.0. The van der Waals surface area contributed by atoms with Crippen LogP contribution in [0.1, 0.15) is 13.3 Å². The normalized spacial score (nSPS) is 10.4. The molecule has 9 heavy (non-hydrogen) atoms. The van der Waals surface area contributed by atoms with Gasteiger partial charge >= 0.3 is 51.4 Å². The Bertz CT molecular complexity index is 144. The van der Waals surface area contributed by atoms with Gasteiger partial charge in [-0.25, -0.2) is 13.6 Å². The zero-order chi connectivity index (χ0) is 6.62. The van der Waals surface area contributed by atoms with Crippen LogP contribution in [0.5, 0.6) is 0 Å². The molecule has 0 radical (unpaired) electrons. The van der Waals surface area contributed by atoms with E-state index in [1.165, 1.54) is 0 Å². The molecule has 0 heterocycles. The predicted molar refractivity (Wildman–Crippen MR) is 31.6 cm³/mol. The van der Waals surface area contributed by atoms with Crippen LogP contribution in [-0.2, 0) is 10.2 Å². The minimum Gasteiger partial charge on any atom is -0.536 e. The van der Waals surface area contributed by atoms with Gasteiger partial charge in [-0.05, 0) is 0 Å². The van der Waals surface area contributed by atoms with Crippen molar-refractivity contribution in [3.63, 3.8) is 0 Å². The van der Waals surface area contributed by atoms with Gasteiger partial charge in [-0.1, -0.05) is 13.3 Å². The van der Waals surface area contributed by atoms with Crippen molar-refractivity contribution in [3.05, 3.63) is 4.72 Å². The van der Waals surface area contributed by atoms with E-state index in [0.29, 0.717) is 13.0 Å². The average Bonchev–Trinajstić information content (AvgIpc) is 1.59. The molecule has 0 aliphatic rings. The summed E-state index contributed by atoms with van der Waals surface area (Å²) in [4.78, 5) is 0. The summed E-state index contributed by atoms with van der Waals surface area (Å²) in [7, 11) is -3.56. The van der Waals surface area contributed by atoms with E-state index >= 15 is 0 Å². The molecule has 0 bridgehead atoms. The van der Waals surface area contributed by atoms with E-state index in [2.05, 4.69) is 9.86 Å². The predicted octanol–water partition coefficient (Wildman–Crippen LogP) is -3.02. The first kappa shape index (κ1) is 13.1. The van der Waals surface area contributed by atoms with Gasteiger partial charge in [-0.2, -0.15) is 0 Å². The topological polar surface area (TPSA) is 74.3 Å². The fraction of sp³-hybridized carbons (Fsp3) is 1.00. The SMILES string of the molecule is CCC[N-]S(N)(=O)=O.[K+]. The van der Waals surface area contributed by atoms with E-state index in [9.17, 15) is 8.42 Å². The van der Waals surface area contributed by atoms with Gasteiger partial charge in [0.25, 0.3) is 0 Å². The van der Waals surface area contributed by atoms with Crippen LogP contribution in [0.2, 0.25) is 0 Å². The maximum Gasteiger partial charge on any atom is 1.00 e. The molecule has 0 unspecified atom stereocenters. The zero-order valence-electron chi connectivity index (χ0n) is 5.66. The summed E-state index contributed by atoms with van der Waals surface area (Å²) in [6, 6.07) is 0. The van der Waals surface area contributed by atoms with Crippen LogP contribution in [0.4, 0.5) is 0 Å². The second-order valence-corrected chi connectivity index (χ2v) is 2.66. The molecule has 0 atom stereocenters. The molecule has 2 N–H and O–H groups in total. The van der Waals surface area contributed by atoms with Crippen LogP contribution >= 0.6 is 0 Å². The Kier molecular flexibility index (Phi) is 9.09. The first-order valence-corrected chi connectivity index (χ1v) is 3.78. The summed E-state index contributed by atoms with van der Waals surface area (Å²) in [5, 5.41) is 4.53. The Morgan fingerprint density at radius 2 is 2.00 bits per heavy atom. The first-order chi connectivity index (χ1) is 3.56.